The Labute approximate surface area is 158 Å². The van der Waals surface area contributed by atoms with Crippen LogP contribution in [-0.4, -0.2) is 8.80 Å². The predicted octanol–water partition coefficient (Wildman–Crippen LogP) is 7.36. The minimum atomic E-state index is -0.977. The van der Waals surface area contributed by atoms with Crippen molar-refractivity contribution in [2.24, 2.45) is 0 Å². The standard InChI is InChI=1S/C25H28Si/c1-16-17(2)24(25(4,18(16)3)26(5)6)23-21-13-9-7-11-19(21)15-20-12-8-10-14-22(20)23/h7-15,26H,1-6H3. The second-order valence-corrected chi connectivity index (χ2v) is 11.8. The van der Waals surface area contributed by atoms with Crippen LogP contribution in [0.4, 0.5) is 0 Å². The largest absolute Gasteiger partial charge is 0.0712 e. The van der Waals surface area contributed by atoms with E-state index in [2.05, 4.69) is 95.4 Å². The molecule has 0 amide bonds. The maximum Gasteiger partial charge on any atom is 0.0475 e. The summed E-state index contributed by atoms with van der Waals surface area (Å²) < 4.78 is 0. The van der Waals surface area contributed by atoms with Crippen LogP contribution in [-0.2, 0) is 0 Å². The predicted molar refractivity (Wildman–Crippen MR) is 120 cm³/mol. The summed E-state index contributed by atoms with van der Waals surface area (Å²) >= 11 is 0. The molecule has 0 spiro atoms. The normalized spacial score (nSPS) is 20.9. The lowest BCUT2D eigenvalue weighted by Crippen LogP contribution is -2.26. The molecule has 1 unspecified atom stereocenters. The maximum atomic E-state index is 2.51. The summed E-state index contributed by atoms with van der Waals surface area (Å²) in [7, 11) is -0.977. The molecule has 0 fully saturated rings. The number of allylic oxidation sites excluding steroid dienone is 4. The molecule has 0 aromatic heterocycles. The molecule has 0 heterocycles. The zero-order valence-electron chi connectivity index (χ0n) is 16.8. The molecule has 132 valence electrons. The van der Waals surface area contributed by atoms with Gasteiger partial charge in [-0.3, -0.25) is 0 Å². The smallest absolute Gasteiger partial charge is 0.0475 e. The van der Waals surface area contributed by atoms with Crippen molar-refractivity contribution < 1.29 is 0 Å². The topological polar surface area (TPSA) is 0 Å². The van der Waals surface area contributed by atoms with Crippen molar-refractivity contribution in [3.05, 3.63) is 76.9 Å². The van der Waals surface area contributed by atoms with E-state index < -0.39 is 8.80 Å². The molecule has 0 N–H and O–H groups in total. The molecule has 0 bridgehead atoms. The highest BCUT2D eigenvalue weighted by molar-refractivity contribution is 6.64. The second-order valence-electron chi connectivity index (χ2n) is 8.30. The average molecular weight is 357 g/mol. The van der Waals surface area contributed by atoms with E-state index in [0.29, 0.717) is 0 Å². The van der Waals surface area contributed by atoms with E-state index in [-0.39, 0.29) is 5.04 Å². The van der Waals surface area contributed by atoms with Crippen LogP contribution >= 0.6 is 0 Å². The number of rotatable bonds is 2. The molecule has 0 aliphatic heterocycles. The first-order valence-electron chi connectivity index (χ1n) is 9.68. The van der Waals surface area contributed by atoms with Gasteiger partial charge in [0.1, 0.15) is 0 Å². The molecule has 1 heteroatoms. The molecule has 0 radical (unpaired) electrons. The Hall–Kier alpha value is -2.12. The number of hydrogen-bond acceptors (Lipinski definition) is 0. The third kappa shape index (κ3) is 2.20. The Bertz CT molecular complexity index is 1040. The second kappa shape index (κ2) is 5.96. The van der Waals surface area contributed by atoms with Crippen LogP contribution in [0.5, 0.6) is 0 Å². The molecule has 3 aromatic carbocycles. The summed E-state index contributed by atoms with van der Waals surface area (Å²) in [5, 5.41) is 5.68. The van der Waals surface area contributed by atoms with Gasteiger partial charge in [0.15, 0.2) is 0 Å². The minimum absolute atomic E-state index is 0.209. The van der Waals surface area contributed by atoms with Gasteiger partial charge in [0.05, 0.1) is 0 Å². The summed E-state index contributed by atoms with van der Waals surface area (Å²) in [5.74, 6) is 0. The van der Waals surface area contributed by atoms with Gasteiger partial charge in [-0.15, -0.1) is 0 Å². The molecule has 1 aliphatic rings. The number of fused-ring (bicyclic) bond motifs is 2. The van der Waals surface area contributed by atoms with Crippen LogP contribution in [0, 0.1) is 0 Å². The Kier molecular flexibility index (Phi) is 3.96. The van der Waals surface area contributed by atoms with E-state index in [1.54, 1.807) is 11.1 Å². The molecule has 26 heavy (non-hydrogen) atoms. The van der Waals surface area contributed by atoms with Gasteiger partial charge in [-0.1, -0.05) is 74.1 Å². The molecular weight excluding hydrogens is 328 g/mol. The summed E-state index contributed by atoms with van der Waals surface area (Å²) in [6.45, 7) is 14.5. The van der Waals surface area contributed by atoms with Gasteiger partial charge < -0.3 is 0 Å². The zero-order chi connectivity index (χ0) is 18.6. The Morgan fingerprint density at radius 2 is 1.23 bits per heavy atom. The van der Waals surface area contributed by atoms with Gasteiger partial charge in [0, 0.05) is 13.8 Å². The highest BCUT2D eigenvalue weighted by Gasteiger charge is 2.42. The van der Waals surface area contributed by atoms with Gasteiger partial charge in [-0.2, -0.15) is 0 Å². The summed E-state index contributed by atoms with van der Waals surface area (Å²) in [6, 6.07) is 20.2. The van der Waals surface area contributed by atoms with Gasteiger partial charge in [-0.05, 0) is 70.7 Å². The average Bonchev–Trinajstić information content (AvgIpc) is 2.81. The summed E-state index contributed by atoms with van der Waals surface area (Å²) in [5.41, 5.74) is 7.63. The summed E-state index contributed by atoms with van der Waals surface area (Å²) in [6.07, 6.45) is 0. The van der Waals surface area contributed by atoms with Crippen molar-refractivity contribution >= 4 is 35.9 Å². The van der Waals surface area contributed by atoms with Crippen molar-refractivity contribution in [3.63, 3.8) is 0 Å². The van der Waals surface area contributed by atoms with E-state index >= 15 is 0 Å². The van der Waals surface area contributed by atoms with Crippen LogP contribution < -0.4 is 0 Å². The Morgan fingerprint density at radius 3 is 1.73 bits per heavy atom. The van der Waals surface area contributed by atoms with E-state index in [9.17, 15) is 0 Å². The highest BCUT2D eigenvalue weighted by Crippen LogP contribution is 2.60. The fourth-order valence-electron chi connectivity index (χ4n) is 4.89. The lowest BCUT2D eigenvalue weighted by atomic mass is 9.84. The molecular formula is C25H28Si. The lowest BCUT2D eigenvalue weighted by Gasteiger charge is -2.36. The van der Waals surface area contributed by atoms with Gasteiger partial charge in [-0.25, -0.2) is 0 Å². The Balaban J connectivity index is 2.20. The van der Waals surface area contributed by atoms with Crippen molar-refractivity contribution in [2.75, 3.05) is 0 Å². The first-order valence-corrected chi connectivity index (χ1v) is 12.6. The van der Waals surface area contributed by atoms with Gasteiger partial charge in [0.25, 0.3) is 0 Å². The van der Waals surface area contributed by atoms with Crippen LogP contribution in [0.3, 0.4) is 0 Å². The van der Waals surface area contributed by atoms with Crippen LogP contribution in [0.1, 0.15) is 33.3 Å². The van der Waals surface area contributed by atoms with Crippen LogP contribution in [0.15, 0.2) is 71.3 Å². The zero-order valence-corrected chi connectivity index (χ0v) is 17.9. The van der Waals surface area contributed by atoms with Gasteiger partial charge in [0.2, 0.25) is 0 Å². The van der Waals surface area contributed by atoms with Crippen LogP contribution in [0.2, 0.25) is 18.1 Å². The first kappa shape index (κ1) is 17.3. The quantitative estimate of drug-likeness (QED) is 0.332. The van der Waals surface area contributed by atoms with E-state index in [1.807, 2.05) is 0 Å². The SMILES string of the molecule is CC1=C(C)C(C)([SiH](C)C)C(c2c3ccccc3cc3ccccc23)=C1C. The first-order chi connectivity index (χ1) is 12.4. The van der Waals surface area contributed by atoms with Crippen molar-refractivity contribution in [3.8, 4) is 0 Å². The Morgan fingerprint density at radius 1 is 0.731 bits per heavy atom. The van der Waals surface area contributed by atoms with Crippen LogP contribution in [0.25, 0.3) is 27.1 Å². The molecule has 0 nitrogen and oxygen atoms in total. The molecule has 4 rings (SSSR count). The molecule has 1 atom stereocenters. The molecule has 1 aliphatic carbocycles. The number of hydrogen-bond donors (Lipinski definition) is 0. The fraction of sp³-hybridized carbons (Fsp3) is 0.280. The highest BCUT2D eigenvalue weighted by atomic mass is 28.3. The van der Waals surface area contributed by atoms with Crippen molar-refractivity contribution in [2.45, 2.75) is 45.8 Å². The molecule has 0 saturated carbocycles. The van der Waals surface area contributed by atoms with Crippen molar-refractivity contribution in [1.82, 2.24) is 0 Å². The molecule has 3 aromatic rings. The lowest BCUT2D eigenvalue weighted by molar-refractivity contribution is 0.894. The van der Waals surface area contributed by atoms with E-state index in [0.717, 1.165) is 0 Å². The monoisotopic (exact) mass is 356 g/mol. The minimum Gasteiger partial charge on any atom is -0.0712 e. The third-order valence-corrected chi connectivity index (χ3v) is 10.0. The summed E-state index contributed by atoms with van der Waals surface area (Å²) in [4.78, 5) is 0. The third-order valence-electron chi connectivity index (χ3n) is 6.97. The van der Waals surface area contributed by atoms with E-state index in [4.69, 9.17) is 0 Å². The van der Waals surface area contributed by atoms with Gasteiger partial charge >= 0.3 is 0 Å². The fourth-order valence-corrected chi connectivity index (χ4v) is 6.91. The molecule has 0 saturated heterocycles. The number of benzene rings is 3. The van der Waals surface area contributed by atoms with Crippen molar-refractivity contribution in [1.29, 1.82) is 0 Å². The van der Waals surface area contributed by atoms with E-state index in [1.165, 1.54) is 38.3 Å². The maximum absolute atomic E-state index is 2.51.